The van der Waals surface area contributed by atoms with E-state index in [9.17, 15) is 0 Å². The summed E-state index contributed by atoms with van der Waals surface area (Å²) in [6.07, 6.45) is 1.04. The fourth-order valence-electron chi connectivity index (χ4n) is 1.80. The zero-order valence-electron chi connectivity index (χ0n) is 13.4. The molecule has 0 saturated heterocycles. The van der Waals surface area contributed by atoms with Gasteiger partial charge in [0.2, 0.25) is 0 Å². The van der Waals surface area contributed by atoms with Gasteiger partial charge in [-0.1, -0.05) is 19.1 Å². The zero-order chi connectivity index (χ0) is 15.0. The molecular weight excluding hydrogens is 381 g/mol. The molecule has 0 radical (unpaired) electrons. The molecule has 0 bridgehead atoms. The van der Waals surface area contributed by atoms with Crippen molar-refractivity contribution in [2.45, 2.75) is 32.9 Å². The van der Waals surface area contributed by atoms with Gasteiger partial charge in [-0.3, -0.25) is 4.99 Å². The van der Waals surface area contributed by atoms with E-state index in [-0.39, 0.29) is 24.0 Å². The van der Waals surface area contributed by atoms with E-state index in [1.54, 1.807) is 21.3 Å². The first-order chi connectivity index (χ1) is 9.65. The normalized spacial score (nSPS) is 12.1. The number of benzene rings is 1. The molecule has 1 unspecified atom stereocenters. The van der Waals surface area contributed by atoms with Crippen molar-refractivity contribution in [1.29, 1.82) is 0 Å². The van der Waals surface area contributed by atoms with Gasteiger partial charge in [-0.25, -0.2) is 0 Å². The topological polar surface area (TPSA) is 54.9 Å². The Morgan fingerprint density at radius 2 is 2.00 bits per heavy atom. The van der Waals surface area contributed by atoms with Gasteiger partial charge in [-0.05, 0) is 19.4 Å². The van der Waals surface area contributed by atoms with Crippen molar-refractivity contribution >= 4 is 29.9 Å². The molecule has 0 fully saturated rings. The number of hydrogen-bond acceptors (Lipinski definition) is 3. The fraction of sp³-hybridized carbons (Fsp3) is 0.533. The van der Waals surface area contributed by atoms with Crippen LogP contribution in [0.3, 0.4) is 0 Å². The third-order valence-corrected chi connectivity index (χ3v) is 3.15. The van der Waals surface area contributed by atoms with E-state index >= 15 is 0 Å². The molecule has 1 aromatic carbocycles. The Kier molecular flexibility index (Phi) is 9.94. The monoisotopic (exact) mass is 407 g/mol. The highest BCUT2D eigenvalue weighted by Gasteiger charge is 2.10. The van der Waals surface area contributed by atoms with Crippen molar-refractivity contribution in [3.05, 3.63) is 23.8 Å². The van der Waals surface area contributed by atoms with Gasteiger partial charge in [-0.2, -0.15) is 0 Å². The minimum atomic E-state index is 0. The van der Waals surface area contributed by atoms with Crippen LogP contribution in [0.2, 0.25) is 0 Å². The summed E-state index contributed by atoms with van der Waals surface area (Å²) in [6, 6.07) is 6.22. The molecule has 6 heteroatoms. The number of methoxy groups -OCH3 is 2. The van der Waals surface area contributed by atoms with Crippen LogP contribution in [0.15, 0.2) is 23.2 Å². The first-order valence-corrected chi connectivity index (χ1v) is 6.83. The summed E-state index contributed by atoms with van der Waals surface area (Å²) >= 11 is 0. The Labute approximate surface area is 144 Å². The number of ether oxygens (including phenoxy) is 2. The summed E-state index contributed by atoms with van der Waals surface area (Å²) in [4.78, 5) is 4.21. The lowest BCUT2D eigenvalue weighted by Gasteiger charge is -2.18. The minimum Gasteiger partial charge on any atom is -0.493 e. The average molecular weight is 407 g/mol. The standard InChI is InChI=1S/C15H25N3O2.HI/c1-6-11(2)18-15(16-3)17-10-12-8-7-9-13(19-4)14(12)20-5;/h7-9,11H,6,10H2,1-5H3,(H2,16,17,18);1H. The van der Waals surface area contributed by atoms with Crippen molar-refractivity contribution in [1.82, 2.24) is 10.6 Å². The van der Waals surface area contributed by atoms with Crippen LogP contribution in [0.4, 0.5) is 0 Å². The van der Waals surface area contributed by atoms with E-state index in [1.165, 1.54) is 0 Å². The zero-order valence-corrected chi connectivity index (χ0v) is 15.7. The maximum Gasteiger partial charge on any atom is 0.191 e. The number of para-hydroxylation sites is 1. The van der Waals surface area contributed by atoms with Gasteiger partial charge in [0.1, 0.15) is 0 Å². The van der Waals surface area contributed by atoms with Crippen molar-refractivity contribution in [3.63, 3.8) is 0 Å². The first kappa shape index (κ1) is 19.8. The average Bonchev–Trinajstić information content (AvgIpc) is 2.50. The maximum absolute atomic E-state index is 5.41. The van der Waals surface area contributed by atoms with E-state index in [0.717, 1.165) is 29.4 Å². The number of nitrogens with one attached hydrogen (secondary N) is 2. The molecule has 0 aliphatic rings. The molecule has 0 spiro atoms. The summed E-state index contributed by atoms with van der Waals surface area (Å²) in [7, 11) is 5.05. The predicted molar refractivity (Wildman–Crippen MR) is 98.0 cm³/mol. The molecular formula is C15H26IN3O2. The van der Waals surface area contributed by atoms with Crippen LogP contribution in [0, 0.1) is 0 Å². The van der Waals surface area contributed by atoms with Crippen LogP contribution in [0.5, 0.6) is 11.5 Å². The highest BCUT2D eigenvalue weighted by molar-refractivity contribution is 14.0. The Balaban J connectivity index is 0.00000400. The number of rotatable bonds is 6. The predicted octanol–water partition coefficient (Wildman–Crippen LogP) is 2.79. The molecule has 0 aliphatic heterocycles. The quantitative estimate of drug-likeness (QED) is 0.433. The molecule has 1 rings (SSSR count). The molecule has 21 heavy (non-hydrogen) atoms. The molecule has 0 aromatic heterocycles. The van der Waals surface area contributed by atoms with Gasteiger partial charge in [0, 0.05) is 25.2 Å². The Morgan fingerprint density at radius 1 is 1.29 bits per heavy atom. The van der Waals surface area contributed by atoms with Gasteiger partial charge < -0.3 is 20.1 Å². The summed E-state index contributed by atoms with van der Waals surface area (Å²) in [5.74, 6) is 2.27. The molecule has 5 nitrogen and oxygen atoms in total. The number of aliphatic imine (C=N–C) groups is 1. The Hall–Kier alpha value is -1.18. The second-order valence-electron chi connectivity index (χ2n) is 4.53. The molecule has 120 valence electrons. The van der Waals surface area contributed by atoms with E-state index in [0.29, 0.717) is 12.6 Å². The van der Waals surface area contributed by atoms with Crippen molar-refractivity contribution < 1.29 is 9.47 Å². The SMILES string of the molecule is CCC(C)NC(=NC)NCc1cccc(OC)c1OC.I. The van der Waals surface area contributed by atoms with Gasteiger partial charge in [0.25, 0.3) is 0 Å². The van der Waals surface area contributed by atoms with Crippen LogP contribution >= 0.6 is 24.0 Å². The largest absolute Gasteiger partial charge is 0.493 e. The number of nitrogens with zero attached hydrogens (tertiary/aromatic N) is 1. The summed E-state index contributed by atoms with van der Waals surface area (Å²) in [5.41, 5.74) is 1.03. The van der Waals surface area contributed by atoms with Gasteiger partial charge >= 0.3 is 0 Å². The maximum atomic E-state index is 5.41. The van der Waals surface area contributed by atoms with Crippen LogP contribution < -0.4 is 20.1 Å². The van der Waals surface area contributed by atoms with Crippen LogP contribution in [-0.2, 0) is 6.54 Å². The second kappa shape index (κ2) is 10.5. The third kappa shape index (κ3) is 5.99. The lowest BCUT2D eigenvalue weighted by atomic mass is 10.2. The fourth-order valence-corrected chi connectivity index (χ4v) is 1.80. The molecule has 2 N–H and O–H groups in total. The molecule has 0 saturated carbocycles. The van der Waals surface area contributed by atoms with Crippen molar-refractivity contribution in [3.8, 4) is 11.5 Å². The van der Waals surface area contributed by atoms with E-state index in [2.05, 4.69) is 29.5 Å². The number of hydrogen-bond donors (Lipinski definition) is 2. The first-order valence-electron chi connectivity index (χ1n) is 6.83. The van der Waals surface area contributed by atoms with Crippen LogP contribution in [0.1, 0.15) is 25.8 Å². The minimum absolute atomic E-state index is 0. The molecule has 0 aliphatic carbocycles. The Bertz CT molecular complexity index is 453. The second-order valence-corrected chi connectivity index (χ2v) is 4.53. The van der Waals surface area contributed by atoms with Crippen LogP contribution in [0.25, 0.3) is 0 Å². The third-order valence-electron chi connectivity index (χ3n) is 3.15. The highest BCUT2D eigenvalue weighted by Crippen LogP contribution is 2.30. The molecule has 0 amide bonds. The van der Waals surface area contributed by atoms with Gasteiger partial charge in [0.05, 0.1) is 14.2 Å². The molecule has 0 heterocycles. The van der Waals surface area contributed by atoms with E-state index < -0.39 is 0 Å². The Morgan fingerprint density at radius 3 is 2.52 bits per heavy atom. The van der Waals surface area contributed by atoms with Gasteiger partial charge in [-0.15, -0.1) is 24.0 Å². The van der Waals surface area contributed by atoms with Crippen molar-refractivity contribution in [2.75, 3.05) is 21.3 Å². The van der Waals surface area contributed by atoms with Crippen molar-refractivity contribution in [2.24, 2.45) is 4.99 Å². The number of halogens is 1. The van der Waals surface area contributed by atoms with Crippen LogP contribution in [-0.4, -0.2) is 33.3 Å². The highest BCUT2D eigenvalue weighted by atomic mass is 127. The summed E-state index contributed by atoms with van der Waals surface area (Å²) in [5, 5.41) is 6.60. The lowest BCUT2D eigenvalue weighted by Crippen LogP contribution is -2.41. The van der Waals surface area contributed by atoms with E-state index in [1.807, 2.05) is 18.2 Å². The molecule has 1 atom stereocenters. The van der Waals surface area contributed by atoms with Gasteiger partial charge in [0.15, 0.2) is 17.5 Å². The smallest absolute Gasteiger partial charge is 0.191 e. The lowest BCUT2D eigenvalue weighted by molar-refractivity contribution is 0.351. The van der Waals surface area contributed by atoms with E-state index in [4.69, 9.17) is 9.47 Å². The molecule has 1 aromatic rings. The summed E-state index contributed by atoms with van der Waals surface area (Å²) in [6.45, 7) is 4.88. The number of guanidine groups is 1. The summed E-state index contributed by atoms with van der Waals surface area (Å²) < 4.78 is 10.7.